The van der Waals surface area contributed by atoms with E-state index in [0.717, 1.165) is 61.2 Å². The summed E-state index contributed by atoms with van der Waals surface area (Å²) < 4.78 is 5.38. The van der Waals surface area contributed by atoms with Crippen molar-refractivity contribution in [2.45, 2.75) is 6.54 Å². The maximum absolute atomic E-state index is 12.5. The lowest BCUT2D eigenvalue weighted by Gasteiger charge is -2.25. The second kappa shape index (κ2) is 7.95. The van der Waals surface area contributed by atoms with E-state index in [1.165, 1.54) is 0 Å². The SMILES string of the molecule is CN(C)c1ccc(C(=O)Nc2ccc3nc(CN4CCOCC4)[nH]c3c2)cn1. The van der Waals surface area contributed by atoms with Crippen molar-refractivity contribution in [2.24, 2.45) is 0 Å². The number of carbonyl (C=O) groups excluding carboxylic acids is 1. The molecule has 8 heteroatoms. The lowest BCUT2D eigenvalue weighted by Crippen LogP contribution is -2.35. The van der Waals surface area contributed by atoms with E-state index < -0.39 is 0 Å². The summed E-state index contributed by atoms with van der Waals surface area (Å²) in [7, 11) is 3.82. The smallest absolute Gasteiger partial charge is 0.257 e. The monoisotopic (exact) mass is 380 g/mol. The molecule has 0 atom stereocenters. The van der Waals surface area contributed by atoms with Crippen molar-refractivity contribution in [3.63, 3.8) is 0 Å². The van der Waals surface area contributed by atoms with Gasteiger partial charge in [0.1, 0.15) is 11.6 Å². The number of fused-ring (bicyclic) bond motifs is 1. The van der Waals surface area contributed by atoms with Gasteiger partial charge in [-0.3, -0.25) is 9.69 Å². The van der Waals surface area contributed by atoms with Gasteiger partial charge >= 0.3 is 0 Å². The van der Waals surface area contributed by atoms with Gasteiger partial charge in [0.05, 0.1) is 36.4 Å². The van der Waals surface area contributed by atoms with Gasteiger partial charge in [-0.15, -0.1) is 0 Å². The average molecular weight is 380 g/mol. The highest BCUT2D eigenvalue weighted by Gasteiger charge is 2.14. The van der Waals surface area contributed by atoms with Crippen LogP contribution in [0.3, 0.4) is 0 Å². The van der Waals surface area contributed by atoms with E-state index in [1.54, 1.807) is 12.3 Å². The van der Waals surface area contributed by atoms with E-state index in [1.807, 2.05) is 43.3 Å². The summed E-state index contributed by atoms with van der Waals surface area (Å²) in [4.78, 5) is 29.0. The highest BCUT2D eigenvalue weighted by atomic mass is 16.5. The Labute approximate surface area is 163 Å². The Bertz CT molecular complexity index is 960. The number of imidazole rings is 1. The van der Waals surface area contributed by atoms with Gasteiger partial charge < -0.3 is 19.9 Å². The van der Waals surface area contributed by atoms with Crippen molar-refractivity contribution in [2.75, 3.05) is 50.6 Å². The summed E-state index contributed by atoms with van der Waals surface area (Å²) in [6.45, 7) is 4.13. The lowest BCUT2D eigenvalue weighted by atomic mass is 10.2. The molecule has 3 heterocycles. The van der Waals surface area contributed by atoms with E-state index in [2.05, 4.69) is 25.2 Å². The van der Waals surface area contributed by atoms with Crippen LogP contribution in [0.1, 0.15) is 16.2 Å². The molecule has 146 valence electrons. The Morgan fingerprint density at radius 3 is 2.79 bits per heavy atom. The molecule has 8 nitrogen and oxygen atoms in total. The van der Waals surface area contributed by atoms with Crippen LogP contribution in [0.5, 0.6) is 0 Å². The van der Waals surface area contributed by atoms with Crippen LogP contribution in [0, 0.1) is 0 Å². The topological polar surface area (TPSA) is 86.4 Å². The number of hydrogen-bond acceptors (Lipinski definition) is 6. The summed E-state index contributed by atoms with van der Waals surface area (Å²) in [6.07, 6.45) is 1.58. The molecule has 28 heavy (non-hydrogen) atoms. The molecule has 2 aromatic heterocycles. The minimum Gasteiger partial charge on any atom is -0.379 e. The number of ether oxygens (including phenoxy) is 1. The maximum atomic E-state index is 12.5. The number of benzene rings is 1. The second-order valence-electron chi connectivity index (χ2n) is 7.06. The number of amides is 1. The number of carbonyl (C=O) groups is 1. The standard InChI is InChI=1S/C20H24N6O2/c1-25(2)19-6-3-14(12-21-19)20(27)22-15-4-5-16-17(11-15)24-18(23-16)13-26-7-9-28-10-8-26/h3-6,11-12H,7-10,13H2,1-2H3,(H,22,27)(H,23,24). The Balaban J connectivity index is 1.45. The Kier molecular flexibility index (Phi) is 5.23. The molecule has 0 bridgehead atoms. The number of hydrogen-bond donors (Lipinski definition) is 2. The number of pyridine rings is 1. The van der Waals surface area contributed by atoms with Gasteiger partial charge in [0.15, 0.2) is 0 Å². The van der Waals surface area contributed by atoms with E-state index in [-0.39, 0.29) is 5.91 Å². The fourth-order valence-corrected chi connectivity index (χ4v) is 3.17. The third-order valence-electron chi connectivity index (χ3n) is 4.73. The summed E-state index contributed by atoms with van der Waals surface area (Å²) >= 11 is 0. The van der Waals surface area contributed by atoms with Gasteiger partial charge in [-0.2, -0.15) is 0 Å². The molecule has 1 aliphatic rings. The van der Waals surface area contributed by atoms with Crippen LogP contribution in [0.25, 0.3) is 11.0 Å². The molecule has 3 aromatic rings. The van der Waals surface area contributed by atoms with Crippen LogP contribution in [-0.4, -0.2) is 66.2 Å². The van der Waals surface area contributed by atoms with E-state index in [0.29, 0.717) is 5.56 Å². The molecule has 4 rings (SSSR count). The van der Waals surface area contributed by atoms with Crippen molar-refractivity contribution < 1.29 is 9.53 Å². The van der Waals surface area contributed by atoms with Crippen molar-refractivity contribution in [1.29, 1.82) is 0 Å². The first-order chi connectivity index (χ1) is 13.6. The number of morpholine rings is 1. The molecular weight excluding hydrogens is 356 g/mol. The van der Waals surface area contributed by atoms with Gasteiger partial charge in [0.2, 0.25) is 0 Å². The number of nitrogens with one attached hydrogen (secondary N) is 2. The number of aromatic nitrogens is 3. The minimum atomic E-state index is -0.190. The second-order valence-corrected chi connectivity index (χ2v) is 7.06. The zero-order valence-electron chi connectivity index (χ0n) is 16.1. The van der Waals surface area contributed by atoms with E-state index in [4.69, 9.17) is 4.74 Å². The van der Waals surface area contributed by atoms with Crippen LogP contribution in [0.4, 0.5) is 11.5 Å². The van der Waals surface area contributed by atoms with Crippen molar-refractivity contribution >= 4 is 28.4 Å². The average Bonchev–Trinajstić information content (AvgIpc) is 3.10. The summed E-state index contributed by atoms with van der Waals surface area (Å²) in [5, 5.41) is 2.92. The molecule has 1 fully saturated rings. The molecule has 1 aliphatic heterocycles. The molecule has 0 aliphatic carbocycles. The molecule has 0 spiro atoms. The first-order valence-corrected chi connectivity index (χ1v) is 9.32. The molecule has 0 unspecified atom stereocenters. The van der Waals surface area contributed by atoms with Crippen molar-refractivity contribution in [3.05, 3.63) is 47.9 Å². The van der Waals surface area contributed by atoms with Crippen molar-refractivity contribution in [3.8, 4) is 0 Å². The van der Waals surface area contributed by atoms with Crippen LogP contribution in [-0.2, 0) is 11.3 Å². The van der Waals surface area contributed by atoms with Gasteiger partial charge in [0.25, 0.3) is 5.91 Å². The first-order valence-electron chi connectivity index (χ1n) is 9.32. The van der Waals surface area contributed by atoms with Gasteiger partial charge in [-0.25, -0.2) is 9.97 Å². The highest BCUT2D eigenvalue weighted by molar-refractivity contribution is 6.04. The number of H-pyrrole nitrogens is 1. The minimum absolute atomic E-state index is 0.190. The fraction of sp³-hybridized carbons (Fsp3) is 0.350. The third-order valence-corrected chi connectivity index (χ3v) is 4.73. The molecular formula is C20H24N6O2. The summed E-state index contributed by atoms with van der Waals surface area (Å²) in [6, 6.07) is 9.28. The zero-order chi connectivity index (χ0) is 19.5. The van der Waals surface area contributed by atoms with Gasteiger partial charge in [-0.05, 0) is 30.3 Å². The summed E-state index contributed by atoms with van der Waals surface area (Å²) in [5.74, 6) is 1.54. The molecule has 0 saturated carbocycles. The molecule has 1 aromatic carbocycles. The van der Waals surface area contributed by atoms with E-state index in [9.17, 15) is 4.79 Å². The van der Waals surface area contributed by atoms with Crippen LogP contribution < -0.4 is 10.2 Å². The largest absolute Gasteiger partial charge is 0.379 e. The first kappa shape index (κ1) is 18.4. The zero-order valence-corrected chi connectivity index (χ0v) is 16.1. The molecule has 1 amide bonds. The predicted octanol–water partition coefficient (Wildman–Crippen LogP) is 2.11. The Morgan fingerprint density at radius 1 is 1.25 bits per heavy atom. The normalized spacial score (nSPS) is 14.9. The van der Waals surface area contributed by atoms with Crippen molar-refractivity contribution in [1.82, 2.24) is 19.9 Å². The number of nitrogens with zero attached hydrogens (tertiary/aromatic N) is 4. The Morgan fingerprint density at radius 2 is 2.07 bits per heavy atom. The third kappa shape index (κ3) is 4.13. The summed E-state index contributed by atoms with van der Waals surface area (Å²) in [5.41, 5.74) is 3.03. The number of aromatic amines is 1. The van der Waals surface area contributed by atoms with Crippen LogP contribution >= 0.6 is 0 Å². The van der Waals surface area contributed by atoms with E-state index >= 15 is 0 Å². The maximum Gasteiger partial charge on any atom is 0.257 e. The van der Waals surface area contributed by atoms with Crippen LogP contribution in [0.2, 0.25) is 0 Å². The van der Waals surface area contributed by atoms with Crippen LogP contribution in [0.15, 0.2) is 36.5 Å². The molecule has 1 saturated heterocycles. The predicted molar refractivity (Wildman–Crippen MR) is 109 cm³/mol. The number of rotatable bonds is 5. The van der Waals surface area contributed by atoms with Gasteiger partial charge in [0, 0.05) is 39.1 Å². The molecule has 2 N–H and O–H groups in total. The number of anilines is 2. The quantitative estimate of drug-likeness (QED) is 0.705. The fourth-order valence-electron chi connectivity index (χ4n) is 3.17. The highest BCUT2D eigenvalue weighted by Crippen LogP contribution is 2.19. The molecule has 0 radical (unpaired) electrons. The lowest BCUT2D eigenvalue weighted by molar-refractivity contribution is 0.0332. The van der Waals surface area contributed by atoms with Gasteiger partial charge in [-0.1, -0.05) is 0 Å². The Hall–Kier alpha value is -2.97.